The van der Waals surface area contributed by atoms with E-state index in [1.807, 2.05) is 0 Å². The second-order valence-electron chi connectivity index (χ2n) is 3.20. The van der Waals surface area contributed by atoms with Gasteiger partial charge in [-0.3, -0.25) is 9.59 Å². The van der Waals surface area contributed by atoms with Crippen LogP contribution in [-0.2, 0) is 9.59 Å². The molecule has 8 nitrogen and oxygen atoms in total. The molecule has 8 heteroatoms. The number of carbonyl (C=O) groups excluding carboxylic acids is 2. The number of carbonyl (C=O) groups is 2. The molecule has 0 fully saturated rings. The minimum Gasteiger partial charge on any atom is -0.394 e. The summed E-state index contributed by atoms with van der Waals surface area (Å²) in [4.78, 5) is 22.1. The highest BCUT2D eigenvalue weighted by Crippen LogP contribution is 2.01. The predicted octanol–water partition coefficient (Wildman–Crippen LogP) is -3.91. The van der Waals surface area contributed by atoms with E-state index in [0.29, 0.717) is 0 Å². The van der Waals surface area contributed by atoms with Crippen LogP contribution in [0.5, 0.6) is 0 Å². The van der Waals surface area contributed by atoms with E-state index in [0.717, 1.165) is 0 Å². The Hall–Kier alpha value is -1.06. The number of amides is 1. The fraction of sp³-hybridized carbons (Fsp3) is 0.750. The van der Waals surface area contributed by atoms with E-state index in [1.165, 1.54) is 6.92 Å². The summed E-state index contributed by atoms with van der Waals surface area (Å²) in [6.45, 7) is 0.306. The number of aliphatic hydroxyl groups is 5. The number of hydrogen-bond acceptors (Lipinski definition) is 7. The summed E-state index contributed by atoms with van der Waals surface area (Å²) in [6.07, 6.45) is -7.17. The molecule has 0 spiro atoms. The summed E-state index contributed by atoms with van der Waals surface area (Å²) in [5.41, 5.74) is 0. The van der Waals surface area contributed by atoms with Gasteiger partial charge < -0.3 is 30.8 Å². The molecule has 6 N–H and O–H groups in total. The Kier molecular flexibility index (Phi) is 6.08. The first kappa shape index (κ1) is 14.9. The molecule has 0 aromatic rings. The zero-order valence-corrected chi connectivity index (χ0v) is 8.57. The van der Waals surface area contributed by atoms with Crippen molar-refractivity contribution < 1.29 is 35.1 Å². The molecule has 0 radical (unpaired) electrons. The Morgan fingerprint density at radius 2 is 1.69 bits per heavy atom. The smallest absolute Gasteiger partial charge is 0.292 e. The van der Waals surface area contributed by atoms with Crippen LogP contribution in [0.1, 0.15) is 6.92 Å². The van der Waals surface area contributed by atoms with Crippen molar-refractivity contribution in [2.24, 2.45) is 0 Å². The molecule has 0 saturated carbocycles. The average Bonchev–Trinajstić information content (AvgIpc) is 2.23. The molecule has 0 rings (SSSR count). The van der Waals surface area contributed by atoms with Gasteiger partial charge in [0.2, 0.25) is 0 Å². The standard InChI is InChI=1S/C8H15NO7/c1-3(11)9-8(16)7(15)6(14)5(13)4(12)2-10/h3-6,10-14H,2H2,1H3,(H,9,16)/t3?,4-,5+,6-/m1/s1. The van der Waals surface area contributed by atoms with E-state index in [2.05, 4.69) is 0 Å². The van der Waals surface area contributed by atoms with Crippen LogP contribution < -0.4 is 5.32 Å². The Bertz CT molecular complexity index is 255. The largest absolute Gasteiger partial charge is 0.394 e. The van der Waals surface area contributed by atoms with Crippen LogP contribution in [-0.4, -0.2) is 68.4 Å². The van der Waals surface area contributed by atoms with Gasteiger partial charge in [0.1, 0.15) is 18.4 Å². The van der Waals surface area contributed by atoms with E-state index in [1.54, 1.807) is 5.32 Å². The molecule has 0 aliphatic heterocycles. The van der Waals surface area contributed by atoms with Crippen LogP contribution in [0.25, 0.3) is 0 Å². The van der Waals surface area contributed by atoms with Crippen LogP contribution >= 0.6 is 0 Å². The molecule has 4 atom stereocenters. The van der Waals surface area contributed by atoms with Gasteiger partial charge in [0.25, 0.3) is 11.7 Å². The summed E-state index contributed by atoms with van der Waals surface area (Å²) in [7, 11) is 0. The third kappa shape index (κ3) is 4.21. The van der Waals surface area contributed by atoms with E-state index >= 15 is 0 Å². The summed E-state index contributed by atoms with van der Waals surface area (Å²) in [6, 6.07) is 0. The monoisotopic (exact) mass is 237 g/mol. The Morgan fingerprint density at radius 3 is 2.06 bits per heavy atom. The van der Waals surface area contributed by atoms with Crippen molar-refractivity contribution in [2.45, 2.75) is 31.5 Å². The van der Waals surface area contributed by atoms with Gasteiger partial charge in [-0.25, -0.2) is 0 Å². The SMILES string of the molecule is CC(O)NC(=O)C(=O)[C@H](O)[C@@H](O)[C@H](O)CO. The number of Topliss-reactive ketones (excluding diaryl/α,β-unsaturated/α-hetero) is 1. The number of ketones is 1. The Balaban J connectivity index is 4.43. The zero-order valence-electron chi connectivity index (χ0n) is 8.57. The van der Waals surface area contributed by atoms with Crippen LogP contribution in [0.2, 0.25) is 0 Å². The van der Waals surface area contributed by atoms with Crippen LogP contribution in [0.3, 0.4) is 0 Å². The maximum Gasteiger partial charge on any atom is 0.292 e. The van der Waals surface area contributed by atoms with Crippen molar-refractivity contribution in [3.63, 3.8) is 0 Å². The molecule has 1 amide bonds. The molecule has 0 bridgehead atoms. The lowest BCUT2D eigenvalue weighted by atomic mass is 10.0. The normalized spacial score (nSPS) is 18.4. The Morgan fingerprint density at radius 1 is 1.19 bits per heavy atom. The molecule has 1 unspecified atom stereocenters. The van der Waals surface area contributed by atoms with E-state index in [9.17, 15) is 9.59 Å². The summed E-state index contributed by atoms with van der Waals surface area (Å²) < 4.78 is 0. The maximum absolute atomic E-state index is 11.1. The first-order chi connectivity index (χ1) is 7.31. The van der Waals surface area contributed by atoms with Gasteiger partial charge in [-0.15, -0.1) is 0 Å². The van der Waals surface area contributed by atoms with E-state index < -0.39 is 42.8 Å². The first-order valence-electron chi connectivity index (χ1n) is 4.49. The van der Waals surface area contributed by atoms with E-state index in [4.69, 9.17) is 25.5 Å². The van der Waals surface area contributed by atoms with Crippen LogP contribution in [0, 0.1) is 0 Å². The highest BCUT2D eigenvalue weighted by Gasteiger charge is 2.33. The highest BCUT2D eigenvalue weighted by molar-refractivity contribution is 6.38. The molecule has 0 aliphatic rings. The summed E-state index contributed by atoms with van der Waals surface area (Å²) >= 11 is 0. The van der Waals surface area contributed by atoms with Crippen LogP contribution in [0.4, 0.5) is 0 Å². The Labute approximate surface area is 91.1 Å². The topological polar surface area (TPSA) is 147 Å². The number of rotatable bonds is 6. The third-order valence-electron chi connectivity index (χ3n) is 1.74. The van der Waals surface area contributed by atoms with Crippen molar-refractivity contribution in [2.75, 3.05) is 6.61 Å². The van der Waals surface area contributed by atoms with Gasteiger partial charge in [0, 0.05) is 0 Å². The van der Waals surface area contributed by atoms with E-state index in [-0.39, 0.29) is 0 Å². The van der Waals surface area contributed by atoms with Gasteiger partial charge in [-0.05, 0) is 6.92 Å². The van der Waals surface area contributed by atoms with Crippen molar-refractivity contribution in [1.82, 2.24) is 5.32 Å². The minimum absolute atomic E-state index is 0.871. The fourth-order valence-corrected chi connectivity index (χ4v) is 0.869. The van der Waals surface area contributed by atoms with Gasteiger partial charge in [-0.1, -0.05) is 0 Å². The average molecular weight is 237 g/mol. The van der Waals surface area contributed by atoms with Gasteiger partial charge in [0.15, 0.2) is 6.10 Å². The lowest BCUT2D eigenvalue weighted by molar-refractivity contribution is -0.152. The van der Waals surface area contributed by atoms with Crippen molar-refractivity contribution in [1.29, 1.82) is 0 Å². The molecule has 0 aromatic carbocycles. The number of hydrogen-bond donors (Lipinski definition) is 6. The predicted molar refractivity (Wildman–Crippen MR) is 49.9 cm³/mol. The molecular formula is C8H15NO7. The fourth-order valence-electron chi connectivity index (χ4n) is 0.869. The quantitative estimate of drug-likeness (QED) is 0.204. The lowest BCUT2D eigenvalue weighted by Crippen LogP contribution is -2.50. The molecule has 0 saturated heterocycles. The van der Waals surface area contributed by atoms with Crippen LogP contribution in [0.15, 0.2) is 0 Å². The van der Waals surface area contributed by atoms with Crippen molar-refractivity contribution >= 4 is 11.7 Å². The molecule has 0 aromatic heterocycles. The molecular weight excluding hydrogens is 222 g/mol. The number of nitrogens with one attached hydrogen (secondary N) is 1. The summed E-state index contributed by atoms with van der Waals surface area (Å²) in [5, 5.41) is 46.2. The summed E-state index contributed by atoms with van der Waals surface area (Å²) in [5.74, 6) is -2.72. The second kappa shape index (κ2) is 6.51. The third-order valence-corrected chi connectivity index (χ3v) is 1.74. The zero-order chi connectivity index (χ0) is 12.9. The molecule has 16 heavy (non-hydrogen) atoms. The van der Waals surface area contributed by atoms with Crippen molar-refractivity contribution in [3.8, 4) is 0 Å². The highest BCUT2D eigenvalue weighted by atomic mass is 16.4. The van der Waals surface area contributed by atoms with Gasteiger partial charge in [-0.2, -0.15) is 0 Å². The van der Waals surface area contributed by atoms with Gasteiger partial charge in [0.05, 0.1) is 6.61 Å². The van der Waals surface area contributed by atoms with Crippen molar-refractivity contribution in [3.05, 3.63) is 0 Å². The maximum atomic E-state index is 11.1. The molecule has 94 valence electrons. The van der Waals surface area contributed by atoms with Gasteiger partial charge >= 0.3 is 0 Å². The lowest BCUT2D eigenvalue weighted by Gasteiger charge is -2.20. The first-order valence-corrected chi connectivity index (χ1v) is 4.49. The minimum atomic E-state index is -2.17. The molecule has 0 aliphatic carbocycles. The molecule has 0 heterocycles. The second-order valence-corrected chi connectivity index (χ2v) is 3.20. The number of aliphatic hydroxyl groups excluding tert-OH is 5.